The number of allylic oxidation sites excluding steroid dienone is 2. The minimum Gasteiger partial charge on any atom is -0.512 e. The number of hydrogen-bond donors (Lipinski definition) is 1. The zero-order chi connectivity index (χ0) is 89.4. The third kappa shape index (κ3) is 21.9. The van der Waals surface area contributed by atoms with Crippen molar-refractivity contribution in [3.8, 4) is 62.2 Å². The van der Waals surface area contributed by atoms with Gasteiger partial charge >= 0.3 is 0 Å². The predicted molar refractivity (Wildman–Crippen MR) is 486 cm³/mol. The molecule has 13 heteroatoms. The van der Waals surface area contributed by atoms with E-state index in [1.165, 1.54) is 75.0 Å². The Morgan fingerprint density at radius 1 is 0.463 bits per heavy atom. The first-order valence-corrected chi connectivity index (χ1v) is 37.9. The number of carbonyl (C=O) groups excluding carboxylic acids is 1. The predicted octanol–water partition coefficient (Wildman–Crippen LogP) is 28.1. The van der Waals surface area contributed by atoms with Crippen molar-refractivity contribution in [2.75, 3.05) is 9.80 Å². The van der Waals surface area contributed by atoms with Crippen molar-refractivity contribution in [3.05, 3.63) is 452 Å². The van der Waals surface area contributed by atoms with Gasteiger partial charge in [-0.2, -0.15) is 5.26 Å². The van der Waals surface area contributed by atoms with Gasteiger partial charge in [0.1, 0.15) is 0 Å². The van der Waals surface area contributed by atoms with Crippen LogP contribution in [0.2, 0.25) is 0 Å². The van der Waals surface area contributed by atoms with E-state index in [0.29, 0.717) is 22.4 Å². The van der Waals surface area contributed by atoms with Crippen molar-refractivity contribution in [3.63, 3.8) is 0 Å². The number of ketones is 1. The van der Waals surface area contributed by atoms with Crippen molar-refractivity contribution in [2.24, 2.45) is 0 Å². The minimum atomic E-state index is -0.476. The van der Waals surface area contributed by atoms with E-state index in [4.69, 9.17) is 29.0 Å². The summed E-state index contributed by atoms with van der Waals surface area (Å²) in [5.41, 5.74) is 18.4. The molecule has 0 fully saturated rings. The van der Waals surface area contributed by atoms with Crippen LogP contribution in [0.4, 0.5) is 39.8 Å². The number of para-hydroxylation sites is 2. The maximum Gasteiger partial charge on any atom is 0.187 e. The molecule has 0 aliphatic rings. The fourth-order valence-corrected chi connectivity index (χ4v) is 13.8. The summed E-state index contributed by atoms with van der Waals surface area (Å²) in [4.78, 5) is 35.8. The SMILES string of the molecule is CC(=O)C=C(C)O.Cc1cc(C)c2nc(-c3[c-]cccc3)ccc2c1.[2H]c1[c-]c(-c2cc(C)c(-c3c([2H])c([2H])c([2H])c([2H])c3[2H])cn2)c([2H])c([2H])c1[2H].[C-]#[N+]c1ccc(N(c2ccccc2)c2ccc3ccc4c(N(c5ccccc5)c5ccc(C#N)cc5)ccc5ccc2c3c54)cc1.[Ir].[Ir].[Ir].[c-]1ccccc1-c1ccccn1.[c-]1ccccc1-c1nccc2ccccc12. The number of nitrogens with zero attached hydrogens (tertiary/aromatic N) is 8. The quantitative estimate of drug-likeness (QED) is 0.0551. The Kier molecular flexibility index (Phi) is 27.0. The molecule has 4 heterocycles. The molecule has 15 aromatic carbocycles. The van der Waals surface area contributed by atoms with E-state index in [9.17, 15) is 10.1 Å². The molecule has 0 spiro atoms. The Labute approximate surface area is 760 Å². The number of benzene rings is 15. The van der Waals surface area contributed by atoms with E-state index in [2.05, 4.69) is 207 Å². The number of aliphatic hydroxyl groups excluding tert-OH is 1. The van der Waals surface area contributed by atoms with Gasteiger partial charge in [0, 0.05) is 127 Å². The van der Waals surface area contributed by atoms with Crippen LogP contribution < -0.4 is 9.80 Å². The number of aliphatic hydroxyl groups is 1. The second-order valence-corrected chi connectivity index (χ2v) is 27.3. The normalized spacial score (nSPS) is 11.5. The van der Waals surface area contributed by atoms with Gasteiger partial charge in [-0.1, -0.05) is 181 Å². The minimum absolute atomic E-state index is 0. The number of pyridine rings is 4. The Hall–Kier alpha value is -13.8. The maximum atomic E-state index is 10.0. The number of aromatic nitrogens is 4. The molecule has 121 heavy (non-hydrogen) atoms. The van der Waals surface area contributed by atoms with E-state index in [0.717, 1.165) is 84.2 Å². The number of nitriles is 1. The number of hydrogen-bond acceptors (Lipinski definition) is 9. The van der Waals surface area contributed by atoms with Crippen LogP contribution in [0.1, 0.15) is 48.4 Å². The third-order valence-electron chi connectivity index (χ3n) is 19.1. The van der Waals surface area contributed by atoms with Gasteiger partial charge in [-0.15, -0.1) is 143 Å². The van der Waals surface area contributed by atoms with E-state index in [1.807, 2.05) is 176 Å². The molecule has 19 rings (SSSR count). The second kappa shape index (κ2) is 43.1. The summed E-state index contributed by atoms with van der Waals surface area (Å²) in [6.07, 6.45) is 6.14. The van der Waals surface area contributed by atoms with Gasteiger partial charge in [-0.25, -0.2) is 4.85 Å². The summed E-state index contributed by atoms with van der Waals surface area (Å²) in [6.45, 7) is 16.2. The largest absolute Gasteiger partial charge is 0.512 e. The summed E-state index contributed by atoms with van der Waals surface area (Å²) in [5, 5.41) is 28.5. The van der Waals surface area contributed by atoms with Crippen LogP contribution in [0.25, 0.3) is 115 Å². The summed E-state index contributed by atoms with van der Waals surface area (Å²) in [5.74, 6) is -0.0625. The molecule has 4 aromatic heterocycles. The van der Waals surface area contributed by atoms with E-state index < -0.39 is 24.2 Å². The van der Waals surface area contributed by atoms with E-state index in [-0.39, 0.29) is 119 Å². The number of anilines is 6. The van der Waals surface area contributed by atoms with Gasteiger partial charge in [0.05, 0.1) is 47.7 Å². The fourth-order valence-electron chi connectivity index (χ4n) is 13.8. The summed E-state index contributed by atoms with van der Waals surface area (Å²) >= 11 is 0. The Morgan fingerprint density at radius 2 is 1.00 bits per heavy atom. The van der Waals surface area contributed by atoms with Crippen LogP contribution in [-0.4, -0.2) is 30.8 Å². The molecule has 1 N–H and O–H groups in total. The van der Waals surface area contributed by atoms with Crippen LogP contribution >= 0.6 is 0 Å². The Balaban J connectivity index is 0.000000166. The monoisotopic (exact) mass is 2110 g/mol. The molecule has 0 saturated carbocycles. The van der Waals surface area contributed by atoms with Crippen LogP contribution in [0, 0.1) is 62.9 Å². The molecule has 0 aliphatic carbocycles. The zero-order valence-corrected chi connectivity index (χ0v) is 73.4. The van der Waals surface area contributed by atoms with Crippen molar-refractivity contribution in [1.82, 2.24) is 19.9 Å². The first kappa shape index (κ1) is 75.9. The molecule has 0 atom stereocenters. The molecule has 0 aliphatic heterocycles. The van der Waals surface area contributed by atoms with Crippen LogP contribution in [0.3, 0.4) is 0 Å². The van der Waals surface area contributed by atoms with Gasteiger partial charge in [-0.3, -0.25) is 9.78 Å². The first-order chi connectivity index (χ1) is 61.6. The molecular formula is C108H80Ir3N8O2-4. The average molecular weight is 2110 g/mol. The van der Waals surface area contributed by atoms with Gasteiger partial charge in [0.2, 0.25) is 0 Å². The molecule has 0 unspecified atom stereocenters. The van der Waals surface area contributed by atoms with Crippen LogP contribution in [0.5, 0.6) is 0 Å². The Morgan fingerprint density at radius 3 is 1.55 bits per heavy atom. The van der Waals surface area contributed by atoms with Gasteiger partial charge in [0.15, 0.2) is 11.5 Å². The van der Waals surface area contributed by atoms with Gasteiger partial charge in [-0.05, 0) is 206 Å². The zero-order valence-electron chi connectivity index (χ0n) is 75.2. The van der Waals surface area contributed by atoms with Crippen molar-refractivity contribution >= 4 is 99.6 Å². The van der Waals surface area contributed by atoms with Crippen molar-refractivity contribution in [2.45, 2.75) is 34.6 Å². The molecule has 0 saturated heterocycles. The third-order valence-corrected chi connectivity index (χ3v) is 19.1. The van der Waals surface area contributed by atoms with Crippen LogP contribution in [0.15, 0.2) is 394 Å². The molecule has 595 valence electrons. The maximum absolute atomic E-state index is 10.0. The number of fused-ring (bicyclic) bond motifs is 2. The fraction of sp³-hybridized carbons (Fsp3) is 0.0463. The summed E-state index contributed by atoms with van der Waals surface area (Å²) in [6, 6.07) is 115. The van der Waals surface area contributed by atoms with Crippen molar-refractivity contribution in [1.29, 1.82) is 5.26 Å². The number of aryl methyl sites for hydroxylation is 3. The molecule has 3 radical (unpaired) electrons. The Bertz CT molecular complexity index is 7070. The molecule has 19 aromatic rings. The molecule has 10 nitrogen and oxygen atoms in total. The molecule has 0 amide bonds. The molecular weight excluding hydrogens is 2020 g/mol. The summed E-state index contributed by atoms with van der Waals surface area (Å²) in [7, 11) is 0. The van der Waals surface area contributed by atoms with E-state index in [1.54, 1.807) is 19.2 Å². The van der Waals surface area contributed by atoms with Gasteiger partial charge in [0.25, 0.3) is 0 Å². The van der Waals surface area contributed by atoms with Gasteiger partial charge < -0.3 is 29.9 Å². The topological polar surface area (TPSA) is 123 Å². The average Bonchev–Trinajstić information content (AvgIpc) is 0.718. The number of carbonyl (C=O) groups is 1. The van der Waals surface area contributed by atoms with Crippen molar-refractivity contribution < 1.29 is 82.6 Å². The number of rotatable bonds is 12. The van der Waals surface area contributed by atoms with E-state index >= 15 is 0 Å². The standard InChI is InChI=1S/C42H26N4.C18H14N.C17H14N.C15H10N.C11H8N.C5H8O2.3Ir/c1-44-32-18-22-36(23-19-32)46(34-10-6-3-7-11-34)40-27-17-31-14-24-37-39(26-16-30-15-25-38(40)42(31)41(30)37)45(33-8-4-2-5-9-33)35-20-12-29(28-43)13-21-35;1-14-12-18(16-10-6-3-7-11-16)19-13-17(14)15-8-4-2-5-9-15;1-12-10-13(2)17-15(11-12)8-9-16(18-17)14-6-4-3-5-7-14;1-2-7-13(8-3-1)15-14-9-5-4-6-12(14)10-11-16-15;1-2-6-10(7-3-1)11-8-4-5-9-12-11;1-4(6)3-5(2)7;;;/h2-27H;2-10,12-13H,1H3;3-6,8-11H,1-2H3;1-7,9-11H;1-6,8-9H;3,6H,1-2H3;;;/q;4*-1;;;;/i;2D,3D,4D,5D,6D,7D,8D,9D,10D;;;;;;;. The van der Waals surface area contributed by atoms with Crippen LogP contribution in [-0.2, 0) is 65.1 Å². The second-order valence-electron chi connectivity index (χ2n) is 27.3. The first-order valence-electron chi connectivity index (χ1n) is 42.4. The smallest absolute Gasteiger partial charge is 0.187 e. The molecule has 0 bridgehead atoms. The summed E-state index contributed by atoms with van der Waals surface area (Å²) < 4.78 is 70.6.